The van der Waals surface area contributed by atoms with Gasteiger partial charge < -0.3 is 16.4 Å². The Morgan fingerprint density at radius 3 is 2.47 bits per heavy atom. The van der Waals surface area contributed by atoms with Gasteiger partial charge in [-0.1, -0.05) is 6.92 Å². The van der Waals surface area contributed by atoms with E-state index in [0.717, 1.165) is 5.56 Å². The minimum Gasteiger partial charge on any atom is -0.355 e. The van der Waals surface area contributed by atoms with E-state index >= 15 is 0 Å². The third-order valence-electron chi connectivity index (χ3n) is 3.22. The third kappa shape index (κ3) is 3.54. The van der Waals surface area contributed by atoms with Gasteiger partial charge in [-0.3, -0.25) is 9.59 Å². The van der Waals surface area contributed by atoms with Gasteiger partial charge >= 0.3 is 0 Å². The summed E-state index contributed by atoms with van der Waals surface area (Å²) in [6, 6.07) is 5.11. The lowest BCUT2D eigenvalue weighted by Crippen LogP contribution is -2.47. The Labute approximate surface area is 113 Å². The van der Waals surface area contributed by atoms with Gasteiger partial charge in [-0.05, 0) is 44.0 Å². The molecule has 0 aliphatic carbocycles. The summed E-state index contributed by atoms with van der Waals surface area (Å²) in [5.41, 5.74) is 7.03. The van der Waals surface area contributed by atoms with Gasteiger partial charge in [-0.25, -0.2) is 0 Å². The number of hydrogen-bond acceptors (Lipinski definition) is 3. The molecular weight excluding hydrogens is 242 g/mol. The molecule has 0 aliphatic rings. The molecule has 0 aliphatic heterocycles. The Kier molecular flexibility index (Phi) is 4.67. The topological polar surface area (TPSA) is 84.2 Å². The lowest BCUT2D eigenvalue weighted by Gasteiger charge is -2.22. The molecule has 1 aromatic carbocycles. The number of carbonyl (C=O) groups excluding carboxylic acids is 2. The van der Waals surface area contributed by atoms with Crippen molar-refractivity contribution in [2.75, 3.05) is 12.4 Å². The Morgan fingerprint density at radius 1 is 1.37 bits per heavy atom. The highest BCUT2D eigenvalue weighted by Crippen LogP contribution is 2.18. The van der Waals surface area contributed by atoms with Gasteiger partial charge in [0.2, 0.25) is 5.91 Å². The second-order valence-corrected chi connectivity index (χ2v) is 4.83. The second-order valence-electron chi connectivity index (χ2n) is 4.83. The van der Waals surface area contributed by atoms with Crippen LogP contribution >= 0.6 is 0 Å². The summed E-state index contributed by atoms with van der Waals surface area (Å²) in [7, 11) is 1.58. The molecule has 19 heavy (non-hydrogen) atoms. The molecule has 4 N–H and O–H groups in total. The van der Waals surface area contributed by atoms with Crippen molar-refractivity contribution in [2.45, 2.75) is 32.7 Å². The predicted molar refractivity (Wildman–Crippen MR) is 76.1 cm³/mol. The summed E-state index contributed by atoms with van der Waals surface area (Å²) >= 11 is 0. The lowest BCUT2D eigenvalue weighted by molar-refractivity contribution is -0.120. The van der Waals surface area contributed by atoms with Crippen molar-refractivity contribution in [1.82, 2.24) is 5.32 Å². The molecule has 0 aromatic heterocycles. The van der Waals surface area contributed by atoms with Gasteiger partial charge in [0.05, 0.1) is 5.54 Å². The zero-order chi connectivity index (χ0) is 14.6. The Morgan fingerprint density at radius 2 is 2.00 bits per heavy atom. The number of benzene rings is 1. The summed E-state index contributed by atoms with van der Waals surface area (Å²) < 4.78 is 0. The van der Waals surface area contributed by atoms with Crippen LogP contribution in [-0.2, 0) is 4.79 Å². The van der Waals surface area contributed by atoms with Crippen LogP contribution < -0.4 is 16.4 Å². The first kappa shape index (κ1) is 15.2. The summed E-state index contributed by atoms with van der Waals surface area (Å²) in [5, 5.41) is 5.35. The number of anilines is 1. The number of carbonyl (C=O) groups is 2. The SMILES string of the molecule is CCC(C)(N)C(=O)Nc1ccc(C(=O)NC)cc1C. The van der Waals surface area contributed by atoms with Crippen molar-refractivity contribution >= 4 is 17.5 Å². The molecule has 0 radical (unpaired) electrons. The van der Waals surface area contributed by atoms with E-state index in [4.69, 9.17) is 5.73 Å². The summed E-state index contributed by atoms with van der Waals surface area (Å²) in [5.74, 6) is -0.385. The van der Waals surface area contributed by atoms with Crippen molar-refractivity contribution in [1.29, 1.82) is 0 Å². The maximum atomic E-state index is 12.0. The van der Waals surface area contributed by atoms with E-state index in [-0.39, 0.29) is 11.8 Å². The van der Waals surface area contributed by atoms with E-state index in [1.165, 1.54) is 0 Å². The van der Waals surface area contributed by atoms with E-state index in [1.54, 1.807) is 32.2 Å². The third-order valence-corrected chi connectivity index (χ3v) is 3.22. The smallest absolute Gasteiger partial charge is 0.251 e. The molecule has 0 fully saturated rings. The first-order valence-electron chi connectivity index (χ1n) is 6.25. The lowest BCUT2D eigenvalue weighted by atomic mass is 9.99. The quantitative estimate of drug-likeness (QED) is 0.768. The first-order chi connectivity index (χ1) is 8.81. The molecule has 1 aromatic rings. The van der Waals surface area contributed by atoms with Gasteiger partial charge in [-0.15, -0.1) is 0 Å². The van der Waals surface area contributed by atoms with Crippen LogP contribution in [0.4, 0.5) is 5.69 Å². The van der Waals surface area contributed by atoms with Crippen LogP contribution in [0.25, 0.3) is 0 Å². The standard InChI is InChI=1S/C14H21N3O2/c1-5-14(3,15)13(19)17-11-7-6-10(8-9(11)2)12(18)16-4/h6-8H,5,15H2,1-4H3,(H,16,18)(H,17,19). The summed E-state index contributed by atoms with van der Waals surface area (Å²) in [4.78, 5) is 23.5. The van der Waals surface area contributed by atoms with Gasteiger partial charge in [-0.2, -0.15) is 0 Å². The van der Waals surface area contributed by atoms with Crippen molar-refractivity contribution in [3.05, 3.63) is 29.3 Å². The van der Waals surface area contributed by atoms with E-state index in [2.05, 4.69) is 10.6 Å². The minimum atomic E-state index is -0.897. The van der Waals surface area contributed by atoms with E-state index < -0.39 is 5.54 Å². The predicted octanol–water partition coefficient (Wildman–Crippen LogP) is 1.42. The number of amides is 2. The van der Waals surface area contributed by atoms with Gasteiger partial charge in [0.1, 0.15) is 0 Å². The fourth-order valence-corrected chi connectivity index (χ4v) is 1.52. The monoisotopic (exact) mass is 263 g/mol. The number of aryl methyl sites for hydroxylation is 1. The molecule has 1 atom stereocenters. The van der Waals surface area contributed by atoms with Crippen molar-refractivity contribution in [2.24, 2.45) is 5.73 Å². The van der Waals surface area contributed by atoms with E-state index in [1.807, 2.05) is 13.8 Å². The molecule has 0 saturated carbocycles. The minimum absolute atomic E-state index is 0.154. The molecule has 104 valence electrons. The number of rotatable bonds is 4. The first-order valence-corrected chi connectivity index (χ1v) is 6.25. The highest BCUT2D eigenvalue weighted by molar-refractivity contribution is 5.99. The molecule has 0 saturated heterocycles. The Hall–Kier alpha value is -1.88. The van der Waals surface area contributed by atoms with Crippen LogP contribution in [0.2, 0.25) is 0 Å². The molecule has 5 heteroatoms. The van der Waals surface area contributed by atoms with Crippen molar-refractivity contribution in [3.63, 3.8) is 0 Å². The van der Waals surface area contributed by atoms with Gasteiger partial charge in [0.25, 0.3) is 5.91 Å². The maximum Gasteiger partial charge on any atom is 0.251 e. The normalized spacial score (nSPS) is 13.5. The van der Waals surface area contributed by atoms with Crippen molar-refractivity contribution < 1.29 is 9.59 Å². The maximum absolute atomic E-state index is 12.0. The van der Waals surface area contributed by atoms with Crippen molar-refractivity contribution in [3.8, 4) is 0 Å². The molecular formula is C14H21N3O2. The zero-order valence-corrected chi connectivity index (χ0v) is 11.8. The highest BCUT2D eigenvalue weighted by Gasteiger charge is 2.26. The van der Waals surface area contributed by atoms with Crippen LogP contribution in [0.1, 0.15) is 36.2 Å². The molecule has 2 amide bonds. The number of nitrogens with one attached hydrogen (secondary N) is 2. The average molecular weight is 263 g/mol. The number of hydrogen-bond donors (Lipinski definition) is 3. The fourth-order valence-electron chi connectivity index (χ4n) is 1.52. The molecule has 0 spiro atoms. The van der Waals surface area contributed by atoms with Crippen LogP contribution in [0.3, 0.4) is 0 Å². The molecule has 5 nitrogen and oxygen atoms in total. The van der Waals surface area contributed by atoms with Crippen LogP contribution in [-0.4, -0.2) is 24.4 Å². The Bertz CT molecular complexity index is 495. The molecule has 0 bridgehead atoms. The molecule has 1 unspecified atom stereocenters. The largest absolute Gasteiger partial charge is 0.355 e. The van der Waals surface area contributed by atoms with Gasteiger partial charge in [0, 0.05) is 18.3 Å². The van der Waals surface area contributed by atoms with E-state index in [9.17, 15) is 9.59 Å². The second kappa shape index (κ2) is 5.84. The zero-order valence-electron chi connectivity index (χ0n) is 11.8. The van der Waals surface area contributed by atoms with E-state index in [0.29, 0.717) is 17.7 Å². The summed E-state index contributed by atoms with van der Waals surface area (Å²) in [6.07, 6.45) is 0.550. The summed E-state index contributed by atoms with van der Waals surface area (Å²) in [6.45, 7) is 5.39. The van der Waals surface area contributed by atoms with Gasteiger partial charge in [0.15, 0.2) is 0 Å². The van der Waals surface area contributed by atoms with Crippen LogP contribution in [0, 0.1) is 6.92 Å². The molecule has 1 rings (SSSR count). The molecule has 0 heterocycles. The highest BCUT2D eigenvalue weighted by atomic mass is 16.2. The fraction of sp³-hybridized carbons (Fsp3) is 0.429. The van der Waals surface area contributed by atoms with Crippen LogP contribution in [0.15, 0.2) is 18.2 Å². The Balaban J connectivity index is 2.93. The average Bonchev–Trinajstić information content (AvgIpc) is 2.39. The number of nitrogens with two attached hydrogens (primary N) is 1. The van der Waals surface area contributed by atoms with Crippen LogP contribution in [0.5, 0.6) is 0 Å².